The van der Waals surface area contributed by atoms with Gasteiger partial charge in [-0.3, -0.25) is 4.79 Å². The molecule has 39 heavy (non-hydrogen) atoms. The van der Waals surface area contributed by atoms with Crippen molar-refractivity contribution in [1.29, 1.82) is 0 Å². The average molecular weight is 528 g/mol. The van der Waals surface area contributed by atoms with E-state index >= 15 is 4.39 Å². The van der Waals surface area contributed by atoms with Crippen molar-refractivity contribution in [3.63, 3.8) is 0 Å². The minimum Gasteiger partial charge on any atom is -0.380 e. The Bertz CT molecular complexity index is 1670. The minimum atomic E-state index is -1.05. The highest BCUT2D eigenvalue weighted by Gasteiger charge is 2.49. The Morgan fingerprint density at radius 2 is 2.10 bits per heavy atom. The molecule has 2 aliphatic heterocycles. The average Bonchev–Trinajstić information content (AvgIpc) is 3.52. The van der Waals surface area contributed by atoms with Gasteiger partial charge < -0.3 is 19.6 Å². The smallest absolute Gasteiger partial charge is 0.270 e. The van der Waals surface area contributed by atoms with Crippen molar-refractivity contribution in [2.24, 2.45) is 11.3 Å². The van der Waals surface area contributed by atoms with E-state index in [9.17, 15) is 9.18 Å². The number of H-pyrrole nitrogens is 1. The summed E-state index contributed by atoms with van der Waals surface area (Å²) in [5, 5.41) is 3.33. The summed E-state index contributed by atoms with van der Waals surface area (Å²) in [5.74, 6) is 6.26. The minimum absolute atomic E-state index is 0.107. The van der Waals surface area contributed by atoms with Gasteiger partial charge in [-0.05, 0) is 44.0 Å². The number of ether oxygens (including phenoxy) is 1. The van der Waals surface area contributed by atoms with Crippen molar-refractivity contribution in [3.8, 4) is 11.8 Å². The number of hydrogen-bond acceptors (Lipinski definition) is 4. The highest BCUT2D eigenvalue weighted by Crippen LogP contribution is 2.50. The van der Waals surface area contributed by atoms with Crippen LogP contribution in [0.1, 0.15) is 57.8 Å². The van der Waals surface area contributed by atoms with Crippen LogP contribution in [0.3, 0.4) is 0 Å². The Balaban J connectivity index is 1.20. The van der Waals surface area contributed by atoms with E-state index in [4.69, 9.17) is 4.74 Å². The number of carbonyl (C=O) groups is 1. The van der Waals surface area contributed by atoms with Gasteiger partial charge in [0.2, 0.25) is 0 Å². The second-order valence-corrected chi connectivity index (χ2v) is 11.1. The molecule has 3 aliphatic rings. The zero-order valence-electron chi connectivity index (χ0n) is 21.4. The van der Waals surface area contributed by atoms with E-state index in [0.29, 0.717) is 45.0 Å². The number of hydrogen-bond donors (Lipinski definition) is 2. The molecule has 4 aromatic rings. The number of nitrogens with zero attached hydrogens (tertiary/aromatic N) is 3. The first-order valence-corrected chi connectivity index (χ1v) is 13.2. The van der Waals surface area contributed by atoms with Crippen molar-refractivity contribution in [2.75, 3.05) is 13.2 Å². The molecule has 2 atom stereocenters. The van der Waals surface area contributed by atoms with Gasteiger partial charge in [0.15, 0.2) is 5.82 Å². The fourth-order valence-electron chi connectivity index (χ4n) is 6.08. The summed E-state index contributed by atoms with van der Waals surface area (Å²) in [6.45, 7) is 3.57. The summed E-state index contributed by atoms with van der Waals surface area (Å²) >= 11 is 0. The van der Waals surface area contributed by atoms with Gasteiger partial charge in [0.05, 0.1) is 25.5 Å². The second-order valence-electron chi connectivity index (χ2n) is 11.1. The van der Waals surface area contributed by atoms with Gasteiger partial charge in [-0.15, -0.1) is 0 Å². The standard InChI is InChI=1S/C30H27F2N5O2/c1-17-8-18(6-7-19-11-30(12-19)15-39-16-30)9-24(34-17)29(38)36-27(28-33-13-21-10-20(31)14-37(21)28)26-25(32)22-4-2-3-5-23(22)35-26/h2-5,8-9,13,19-20,27,35H,10-12,14-16H2,1H3,(H,36,38)/t20-,27?/m0/s1. The maximum absolute atomic E-state index is 15.6. The van der Waals surface area contributed by atoms with E-state index in [1.165, 1.54) is 0 Å². The lowest BCUT2D eigenvalue weighted by Gasteiger charge is -2.51. The molecule has 2 fully saturated rings. The summed E-state index contributed by atoms with van der Waals surface area (Å²) in [7, 11) is 0. The van der Waals surface area contributed by atoms with Crippen LogP contribution < -0.4 is 5.32 Å². The molecule has 9 heteroatoms. The molecule has 198 valence electrons. The first kappa shape index (κ1) is 24.0. The number of nitrogens with one attached hydrogen (secondary N) is 2. The first-order chi connectivity index (χ1) is 18.9. The number of para-hydroxylation sites is 1. The number of carbonyl (C=O) groups excluding carboxylic acids is 1. The molecular formula is C30H27F2N5O2. The maximum Gasteiger partial charge on any atom is 0.270 e. The number of rotatable bonds is 4. The van der Waals surface area contributed by atoms with Crippen LogP contribution in [0.2, 0.25) is 0 Å². The molecule has 7 rings (SSSR count). The Labute approximate surface area is 224 Å². The molecule has 7 nitrogen and oxygen atoms in total. The lowest BCUT2D eigenvalue weighted by molar-refractivity contribution is -0.169. The van der Waals surface area contributed by atoms with Crippen molar-refractivity contribution >= 4 is 16.8 Å². The number of benzene rings is 1. The Kier molecular flexibility index (Phi) is 5.56. The van der Waals surface area contributed by atoms with Gasteiger partial charge in [0, 0.05) is 51.8 Å². The molecule has 0 bridgehead atoms. The highest BCUT2D eigenvalue weighted by molar-refractivity contribution is 5.93. The highest BCUT2D eigenvalue weighted by atomic mass is 19.1. The Hall–Kier alpha value is -4.03. The van der Waals surface area contributed by atoms with Crippen LogP contribution in [0.15, 0.2) is 42.6 Å². The van der Waals surface area contributed by atoms with Crippen molar-refractivity contribution in [3.05, 3.63) is 82.6 Å². The van der Waals surface area contributed by atoms with Gasteiger partial charge in [-0.25, -0.2) is 18.7 Å². The molecule has 3 aromatic heterocycles. The van der Waals surface area contributed by atoms with Gasteiger partial charge in [0.25, 0.3) is 5.91 Å². The number of pyridine rings is 1. The molecule has 0 radical (unpaired) electrons. The topological polar surface area (TPSA) is 84.8 Å². The van der Waals surface area contributed by atoms with Crippen molar-refractivity contribution < 1.29 is 18.3 Å². The number of aryl methyl sites for hydroxylation is 1. The van der Waals surface area contributed by atoms with Crippen LogP contribution in [0.5, 0.6) is 0 Å². The molecule has 2 N–H and O–H groups in total. The Morgan fingerprint density at radius 1 is 1.28 bits per heavy atom. The van der Waals surface area contributed by atoms with Gasteiger partial charge in [0.1, 0.15) is 23.7 Å². The third-order valence-corrected chi connectivity index (χ3v) is 8.05. The van der Waals surface area contributed by atoms with Crippen molar-refractivity contribution in [2.45, 2.75) is 44.9 Å². The molecule has 1 unspecified atom stereocenters. The van der Waals surface area contributed by atoms with E-state index in [0.717, 1.165) is 26.1 Å². The molecule has 1 amide bonds. The first-order valence-electron chi connectivity index (χ1n) is 13.2. The van der Waals surface area contributed by atoms with Gasteiger partial charge in [-0.2, -0.15) is 0 Å². The number of amides is 1. The third kappa shape index (κ3) is 4.20. The van der Waals surface area contributed by atoms with E-state index in [1.54, 1.807) is 41.1 Å². The third-order valence-electron chi connectivity index (χ3n) is 8.05. The number of halogens is 2. The number of aromatic amines is 1. The summed E-state index contributed by atoms with van der Waals surface area (Å²) in [5.41, 5.74) is 3.33. The summed E-state index contributed by atoms with van der Waals surface area (Å²) in [6.07, 6.45) is 2.87. The number of aromatic nitrogens is 4. The number of fused-ring (bicyclic) bond motifs is 2. The van der Waals surface area contributed by atoms with E-state index < -0.39 is 23.9 Å². The molecule has 5 heterocycles. The predicted molar refractivity (Wildman–Crippen MR) is 140 cm³/mol. The molecule has 1 spiro atoms. The van der Waals surface area contributed by atoms with E-state index in [2.05, 4.69) is 32.1 Å². The van der Waals surface area contributed by atoms with Crippen LogP contribution in [0.25, 0.3) is 10.9 Å². The summed E-state index contributed by atoms with van der Waals surface area (Å²) < 4.78 is 36.9. The van der Waals surface area contributed by atoms with Gasteiger partial charge in [-0.1, -0.05) is 24.0 Å². The van der Waals surface area contributed by atoms with Crippen LogP contribution >= 0.6 is 0 Å². The summed E-state index contributed by atoms with van der Waals surface area (Å²) in [4.78, 5) is 25.6. The van der Waals surface area contributed by atoms with Gasteiger partial charge >= 0.3 is 0 Å². The van der Waals surface area contributed by atoms with Crippen LogP contribution in [-0.4, -0.2) is 44.8 Å². The normalized spacial score (nSPS) is 20.1. The second kappa shape index (κ2) is 9.02. The monoisotopic (exact) mass is 527 g/mol. The summed E-state index contributed by atoms with van der Waals surface area (Å²) in [6, 6.07) is 9.52. The maximum atomic E-state index is 15.6. The van der Waals surface area contributed by atoms with Crippen LogP contribution in [-0.2, 0) is 17.7 Å². The molecule has 1 aromatic carbocycles. The molecule has 1 saturated heterocycles. The lowest BCUT2D eigenvalue weighted by Crippen LogP contribution is -2.51. The fourth-order valence-corrected chi connectivity index (χ4v) is 6.08. The quantitative estimate of drug-likeness (QED) is 0.386. The Morgan fingerprint density at radius 3 is 2.87 bits per heavy atom. The SMILES string of the molecule is Cc1cc(C#CC2CC3(COC3)C2)cc(C(=O)NC(c2[nH]c3ccccc3c2F)c2ncc3n2C[C@@H](F)C3)n1. The lowest BCUT2D eigenvalue weighted by atomic mass is 9.61. The number of alkyl halides is 1. The molecule has 1 aliphatic carbocycles. The van der Waals surface area contributed by atoms with Crippen molar-refractivity contribution in [1.82, 2.24) is 24.8 Å². The zero-order valence-corrected chi connectivity index (χ0v) is 21.4. The van der Waals surface area contributed by atoms with Crippen LogP contribution in [0, 0.1) is 35.9 Å². The fraction of sp³-hybridized carbons (Fsp3) is 0.367. The predicted octanol–water partition coefficient (Wildman–Crippen LogP) is 4.40. The van der Waals surface area contributed by atoms with E-state index in [1.807, 2.05) is 13.0 Å². The number of imidazole rings is 1. The largest absolute Gasteiger partial charge is 0.380 e. The zero-order chi connectivity index (χ0) is 26.7. The van der Waals surface area contributed by atoms with E-state index in [-0.39, 0.29) is 24.4 Å². The van der Waals surface area contributed by atoms with Crippen LogP contribution in [0.4, 0.5) is 8.78 Å². The molecular weight excluding hydrogens is 500 g/mol. The molecule has 1 saturated carbocycles.